The van der Waals surface area contributed by atoms with Crippen molar-refractivity contribution in [2.45, 2.75) is 0 Å². The van der Waals surface area contributed by atoms with Crippen LogP contribution in [0, 0.1) is 0 Å². The molecule has 26 aromatic rings. The van der Waals surface area contributed by atoms with Crippen molar-refractivity contribution in [2.24, 2.45) is 0 Å². The molecule has 0 radical (unpaired) electrons. The lowest BCUT2D eigenvalue weighted by Crippen LogP contribution is -1.98. The van der Waals surface area contributed by atoms with E-state index in [-0.39, 0.29) is 15.9 Å². The molecule has 23 aromatic carbocycles. The zero-order valence-corrected chi connectivity index (χ0v) is 77.0. The maximum absolute atomic E-state index is 6.56. The molecule has 3 heterocycles. The summed E-state index contributed by atoms with van der Waals surface area (Å²) in [6.07, 6.45) is 0. The van der Waals surface area contributed by atoms with E-state index in [4.69, 9.17) is 49.8 Å². The highest BCUT2D eigenvalue weighted by Gasteiger charge is 2.21. The van der Waals surface area contributed by atoms with Gasteiger partial charge in [0.25, 0.3) is 0 Å². The molecule has 0 spiro atoms. The fraction of sp³-hybridized carbons (Fsp3) is 0. The molecule has 0 aliphatic carbocycles. The van der Waals surface area contributed by atoms with Crippen LogP contribution in [-0.4, -0.2) is 44.9 Å². The molecule has 139 heavy (non-hydrogen) atoms. The van der Waals surface area contributed by atoms with Crippen molar-refractivity contribution in [1.29, 1.82) is 0 Å². The molecule has 9 nitrogen and oxygen atoms in total. The van der Waals surface area contributed by atoms with Crippen LogP contribution in [0.25, 0.3) is 254 Å². The highest BCUT2D eigenvalue weighted by Crippen LogP contribution is 2.43. The van der Waals surface area contributed by atoms with Gasteiger partial charge in [0.15, 0.2) is 34.9 Å². The van der Waals surface area contributed by atoms with Gasteiger partial charge in [-0.15, -0.1) is 0 Å². The van der Waals surface area contributed by atoms with E-state index < -0.39 is 0 Å². The van der Waals surface area contributed by atoms with Crippen molar-refractivity contribution in [3.63, 3.8) is 0 Å². The van der Waals surface area contributed by atoms with Gasteiger partial charge in [-0.2, -0.15) is 29.9 Å². The number of hydrogen-bond acceptors (Lipinski definition) is 9. The largest absolute Gasteiger partial charge is 0.226 e. The van der Waals surface area contributed by atoms with Gasteiger partial charge in [0.1, 0.15) is 0 Å². The summed E-state index contributed by atoms with van der Waals surface area (Å²) >= 11 is 19.6. The van der Waals surface area contributed by atoms with Gasteiger partial charge in [-0.25, -0.2) is 15.0 Å². The smallest absolute Gasteiger partial charge is 0.208 e. The van der Waals surface area contributed by atoms with E-state index in [1.807, 2.05) is 66.7 Å². The zero-order valence-electron chi connectivity index (χ0n) is 74.7. The summed E-state index contributed by atoms with van der Waals surface area (Å²) in [4.78, 5) is 41.9. The Balaban J connectivity index is 0.000000114. The van der Waals surface area contributed by atoms with Crippen molar-refractivity contribution < 1.29 is 0 Å². The number of aromatic nitrogens is 9. The minimum Gasteiger partial charge on any atom is -0.208 e. The number of hydrogen-bond donors (Lipinski definition) is 0. The Morgan fingerprint density at radius 1 is 0.108 bits per heavy atom. The van der Waals surface area contributed by atoms with Crippen molar-refractivity contribution in [2.75, 3.05) is 0 Å². The predicted octanol–water partition coefficient (Wildman–Crippen LogP) is 34.8. The molecule has 3 aromatic heterocycles. The summed E-state index contributed by atoms with van der Waals surface area (Å²) in [6.45, 7) is 0. The molecule has 0 amide bonds. The normalized spacial score (nSPS) is 11.4. The van der Waals surface area contributed by atoms with Gasteiger partial charge in [-0.3, -0.25) is 0 Å². The van der Waals surface area contributed by atoms with E-state index in [0.29, 0.717) is 34.9 Å². The lowest BCUT2D eigenvalue weighted by molar-refractivity contribution is 1.07. The van der Waals surface area contributed by atoms with Crippen LogP contribution in [0.1, 0.15) is 0 Å². The quantitative estimate of drug-likeness (QED) is 0.104. The van der Waals surface area contributed by atoms with Gasteiger partial charge in [-0.05, 0) is 305 Å². The van der Waals surface area contributed by atoms with Crippen molar-refractivity contribution in [3.05, 3.63) is 489 Å². The van der Waals surface area contributed by atoms with Crippen LogP contribution in [0.3, 0.4) is 0 Å². The molecule has 652 valence electrons. The summed E-state index contributed by atoms with van der Waals surface area (Å²) in [5.74, 6) is 3.27. The lowest BCUT2D eigenvalue weighted by Gasteiger charge is -2.12. The summed E-state index contributed by atoms with van der Waals surface area (Å²) < 4.78 is 0. The zero-order chi connectivity index (χ0) is 92.8. The van der Waals surface area contributed by atoms with Gasteiger partial charge in [0, 0.05) is 33.4 Å². The molecule has 0 unspecified atom stereocenters. The van der Waals surface area contributed by atoms with E-state index in [9.17, 15) is 0 Å². The lowest BCUT2D eigenvalue weighted by atomic mass is 9.92. The summed E-state index contributed by atoms with van der Waals surface area (Å²) in [5, 5.41) is 24.3. The van der Waals surface area contributed by atoms with Crippen LogP contribution in [0.4, 0.5) is 0 Å². The fourth-order valence-corrected chi connectivity index (χ4v) is 19.8. The van der Waals surface area contributed by atoms with E-state index >= 15 is 0 Å². The molecule has 0 aliphatic heterocycles. The van der Waals surface area contributed by atoms with Gasteiger partial charge in [0.05, 0.1) is 0 Å². The van der Waals surface area contributed by atoms with Gasteiger partial charge in [-0.1, -0.05) is 388 Å². The minimum atomic E-state index is 0.161. The molecular formula is C127H78Cl3N9. The SMILES string of the molecule is Clc1nc(-c2cccc(-c3ccc4cc(-c5ccccc5)ccc4c3)c2)nc(-c2cc3ccccc3c3ccccc23)n1.Clc1nc(-c2cccc(-c3ccc4cc(-c5ccccc5)ccc4c3)c2)nc(-c2ccc3c(ccc4ccccc43)c2)n1.Clc1nc(-c2cccc(-c3ccc4cc(-c5ccccc5)ccc4c3)c2)nc(-c2ccc3cc(-c4cc5ccccc5c5ccccc45)ccc3c2)n1. The molecule has 0 N–H and O–H groups in total. The Morgan fingerprint density at radius 3 is 0.705 bits per heavy atom. The number of rotatable bonds is 13. The molecule has 0 fully saturated rings. The molecule has 0 atom stereocenters. The van der Waals surface area contributed by atoms with Crippen LogP contribution in [0.15, 0.2) is 473 Å². The predicted molar refractivity (Wildman–Crippen MR) is 580 cm³/mol. The third kappa shape index (κ3) is 17.2. The number of nitrogens with zero attached hydrogens (tertiary/aromatic N) is 9. The maximum atomic E-state index is 6.56. The Labute approximate surface area is 816 Å². The van der Waals surface area contributed by atoms with E-state index in [1.54, 1.807) is 0 Å². The molecule has 0 aliphatic rings. The Hall–Kier alpha value is -17.4. The van der Waals surface area contributed by atoms with Crippen LogP contribution < -0.4 is 0 Å². The molecule has 0 bridgehead atoms. The van der Waals surface area contributed by atoms with E-state index in [2.05, 4.69) is 436 Å². The first-order valence-electron chi connectivity index (χ1n) is 46.1. The fourth-order valence-electron chi connectivity index (χ4n) is 19.3. The highest BCUT2D eigenvalue weighted by molar-refractivity contribution is 6.29. The summed E-state index contributed by atoms with van der Waals surface area (Å²) in [6, 6.07) is 166. The van der Waals surface area contributed by atoms with Crippen molar-refractivity contribution in [1.82, 2.24) is 44.9 Å². The summed E-state index contributed by atoms with van der Waals surface area (Å²) in [5.41, 5.74) is 21.7. The number of benzene rings is 23. The maximum Gasteiger partial charge on any atom is 0.226 e. The van der Waals surface area contributed by atoms with Crippen LogP contribution >= 0.6 is 34.8 Å². The molecular weight excluding hydrogens is 1760 g/mol. The monoisotopic (exact) mass is 1830 g/mol. The Bertz CT molecular complexity index is 9340. The van der Waals surface area contributed by atoms with Gasteiger partial charge < -0.3 is 0 Å². The molecule has 0 saturated heterocycles. The van der Waals surface area contributed by atoms with Crippen molar-refractivity contribution >= 4 is 143 Å². The van der Waals surface area contributed by atoms with Crippen LogP contribution in [0.2, 0.25) is 15.9 Å². The highest BCUT2D eigenvalue weighted by atomic mass is 35.5. The molecule has 12 heteroatoms. The van der Waals surface area contributed by atoms with E-state index in [0.717, 1.165) is 99.1 Å². The standard InChI is InChI=1S/C49H30ClN3.2C39H24ClN3/c50-49-52-47(41-13-8-12-32(28-41)34-19-20-35-25-33(17-18-36(35)26-34)31-9-2-1-3-10-31)51-48(53-49)42-24-22-37-27-40(23-21-38(37)29-42)46-30-39-11-4-5-14-43(39)44-15-6-7-16-45(44)46;40-39-42-37(41-38(43-39)36-24-31-11-4-5-14-33(31)34-15-6-7-16-35(34)36)32-13-8-12-26(23-32)28-19-20-29-21-27(17-18-30(29)22-28)25-9-2-1-3-10-25;40-39-42-37(41-38(43-39)34-19-20-36-32(24-34)18-13-26-9-4-5-12-35(26)36)33-11-6-10-27(23-33)29-16-17-30-21-28(14-15-31(30)22-29)25-7-2-1-3-8-25/h1-30H;2*1-24H. The first-order valence-corrected chi connectivity index (χ1v) is 47.3. The third-order valence-electron chi connectivity index (χ3n) is 26.2. The van der Waals surface area contributed by atoms with E-state index in [1.165, 1.54) is 120 Å². The summed E-state index contributed by atoms with van der Waals surface area (Å²) in [7, 11) is 0. The topological polar surface area (TPSA) is 116 Å². The van der Waals surface area contributed by atoms with Crippen LogP contribution in [-0.2, 0) is 0 Å². The third-order valence-corrected chi connectivity index (χ3v) is 26.7. The first kappa shape index (κ1) is 84.5. The Kier molecular flexibility index (Phi) is 22.4. The van der Waals surface area contributed by atoms with Crippen molar-refractivity contribution in [3.8, 4) is 146 Å². The average Bonchev–Trinajstić information content (AvgIpc) is 0.751. The van der Waals surface area contributed by atoms with Gasteiger partial charge >= 0.3 is 0 Å². The first-order chi connectivity index (χ1) is 68.5. The average molecular weight is 1840 g/mol. The second kappa shape index (κ2) is 36.7. The van der Waals surface area contributed by atoms with Gasteiger partial charge in [0.2, 0.25) is 15.9 Å². The number of halogens is 3. The molecule has 0 saturated carbocycles. The second-order valence-electron chi connectivity index (χ2n) is 34.8. The Morgan fingerprint density at radius 2 is 0.317 bits per heavy atom. The second-order valence-corrected chi connectivity index (χ2v) is 35.8. The molecule has 26 rings (SSSR count). The minimum absolute atomic E-state index is 0.161. The van der Waals surface area contributed by atoms with Crippen LogP contribution in [0.5, 0.6) is 0 Å². The number of fused-ring (bicyclic) bond motifs is 13.